The Morgan fingerprint density at radius 3 is 2.94 bits per heavy atom. The Balaban J connectivity index is 2.37. The third-order valence-corrected chi connectivity index (χ3v) is 1.89. The lowest BCUT2D eigenvalue weighted by molar-refractivity contribution is -0.151. The molecule has 0 atom stereocenters. The van der Waals surface area contributed by atoms with E-state index < -0.39 is 5.97 Å². The van der Waals surface area contributed by atoms with Crippen molar-refractivity contribution in [3.05, 3.63) is 29.6 Å². The molecule has 3 N–H and O–H groups in total. The lowest BCUT2D eigenvalue weighted by Crippen LogP contribution is -2.26. The SMILES string of the molecule is Cc1ccc(OCCC(=O)ONN)cc1F. The third kappa shape index (κ3) is 3.84. The number of carbonyl (C=O) groups is 1. The van der Waals surface area contributed by atoms with Crippen molar-refractivity contribution < 1.29 is 18.8 Å². The van der Waals surface area contributed by atoms with E-state index in [0.29, 0.717) is 11.3 Å². The molecular weight excluding hydrogens is 215 g/mol. The van der Waals surface area contributed by atoms with Gasteiger partial charge in [-0.3, -0.25) is 4.79 Å². The van der Waals surface area contributed by atoms with Crippen molar-refractivity contribution in [1.29, 1.82) is 0 Å². The van der Waals surface area contributed by atoms with E-state index in [2.05, 4.69) is 4.84 Å². The molecule has 0 spiro atoms. The van der Waals surface area contributed by atoms with Gasteiger partial charge in [-0.05, 0) is 18.6 Å². The summed E-state index contributed by atoms with van der Waals surface area (Å²) in [5, 5.41) is 0. The molecule has 0 aromatic heterocycles. The third-order valence-electron chi connectivity index (χ3n) is 1.89. The van der Waals surface area contributed by atoms with Gasteiger partial charge >= 0.3 is 5.97 Å². The van der Waals surface area contributed by atoms with Crippen LogP contribution in [0.4, 0.5) is 4.39 Å². The summed E-state index contributed by atoms with van der Waals surface area (Å²) >= 11 is 0. The van der Waals surface area contributed by atoms with E-state index in [-0.39, 0.29) is 18.8 Å². The van der Waals surface area contributed by atoms with Gasteiger partial charge in [0.2, 0.25) is 0 Å². The van der Waals surface area contributed by atoms with Gasteiger partial charge in [0.15, 0.2) is 0 Å². The van der Waals surface area contributed by atoms with Gasteiger partial charge in [-0.15, -0.1) is 0 Å². The number of hydrogen-bond donors (Lipinski definition) is 2. The first-order chi connectivity index (χ1) is 7.63. The zero-order valence-corrected chi connectivity index (χ0v) is 8.83. The zero-order chi connectivity index (χ0) is 12.0. The van der Waals surface area contributed by atoms with Crippen molar-refractivity contribution in [3.63, 3.8) is 0 Å². The van der Waals surface area contributed by atoms with Crippen LogP contribution in [-0.4, -0.2) is 12.6 Å². The second-order valence-corrected chi connectivity index (χ2v) is 3.10. The van der Waals surface area contributed by atoms with Gasteiger partial charge in [0.1, 0.15) is 11.6 Å². The van der Waals surface area contributed by atoms with Crippen LogP contribution in [0.15, 0.2) is 18.2 Å². The van der Waals surface area contributed by atoms with Crippen molar-refractivity contribution >= 4 is 5.97 Å². The van der Waals surface area contributed by atoms with Crippen LogP contribution in [0.5, 0.6) is 5.75 Å². The van der Waals surface area contributed by atoms with Crippen molar-refractivity contribution in [2.75, 3.05) is 6.61 Å². The highest BCUT2D eigenvalue weighted by atomic mass is 19.1. The van der Waals surface area contributed by atoms with Crippen LogP contribution in [0.1, 0.15) is 12.0 Å². The standard InChI is InChI=1S/C10H13FN2O3/c1-7-2-3-8(6-9(7)11)15-5-4-10(14)16-13-12/h2-3,6,13H,4-5,12H2,1H3. The molecule has 0 bridgehead atoms. The topological polar surface area (TPSA) is 73.6 Å². The first-order valence-corrected chi connectivity index (χ1v) is 4.67. The summed E-state index contributed by atoms with van der Waals surface area (Å²) in [7, 11) is 0. The summed E-state index contributed by atoms with van der Waals surface area (Å²) < 4.78 is 18.2. The van der Waals surface area contributed by atoms with Crippen molar-refractivity contribution in [2.45, 2.75) is 13.3 Å². The smallest absolute Gasteiger partial charge is 0.329 e. The van der Waals surface area contributed by atoms with Gasteiger partial charge < -0.3 is 9.57 Å². The van der Waals surface area contributed by atoms with Gasteiger partial charge in [-0.1, -0.05) is 11.7 Å². The fraction of sp³-hybridized carbons (Fsp3) is 0.300. The van der Waals surface area contributed by atoms with E-state index in [1.165, 1.54) is 6.07 Å². The molecule has 1 aromatic rings. The number of halogens is 1. The summed E-state index contributed by atoms with van der Waals surface area (Å²) in [6.45, 7) is 1.76. The van der Waals surface area contributed by atoms with E-state index in [0.717, 1.165) is 0 Å². The molecule has 0 aliphatic rings. The Morgan fingerprint density at radius 2 is 2.31 bits per heavy atom. The Labute approximate surface area is 92.3 Å². The van der Waals surface area contributed by atoms with Gasteiger partial charge in [0.05, 0.1) is 13.0 Å². The predicted molar refractivity (Wildman–Crippen MR) is 54.7 cm³/mol. The fourth-order valence-electron chi connectivity index (χ4n) is 1.03. The van der Waals surface area contributed by atoms with Crippen LogP contribution in [0.2, 0.25) is 0 Å². The number of hydrogen-bond acceptors (Lipinski definition) is 5. The maximum Gasteiger partial charge on any atom is 0.329 e. The second-order valence-electron chi connectivity index (χ2n) is 3.10. The maximum absolute atomic E-state index is 13.1. The summed E-state index contributed by atoms with van der Waals surface area (Å²) in [4.78, 5) is 15.1. The molecule has 1 aromatic carbocycles. The molecule has 1 rings (SSSR count). The number of aryl methyl sites for hydroxylation is 1. The lowest BCUT2D eigenvalue weighted by atomic mass is 10.2. The lowest BCUT2D eigenvalue weighted by Gasteiger charge is -2.06. The molecule has 6 heteroatoms. The number of rotatable bonds is 5. The largest absolute Gasteiger partial charge is 0.493 e. The first-order valence-electron chi connectivity index (χ1n) is 4.67. The average molecular weight is 228 g/mol. The molecule has 0 saturated carbocycles. The van der Waals surface area contributed by atoms with Crippen LogP contribution >= 0.6 is 0 Å². The van der Waals surface area contributed by atoms with Crippen molar-refractivity contribution in [2.24, 2.45) is 5.84 Å². The number of nitrogens with two attached hydrogens (primary N) is 1. The van der Waals surface area contributed by atoms with Crippen molar-refractivity contribution in [1.82, 2.24) is 5.59 Å². The molecule has 0 amide bonds. The highest BCUT2D eigenvalue weighted by Gasteiger charge is 2.04. The quantitative estimate of drug-likeness (QED) is 0.576. The van der Waals surface area contributed by atoms with E-state index in [4.69, 9.17) is 10.6 Å². The number of hydrazine groups is 1. The minimum atomic E-state index is -0.546. The molecule has 5 nitrogen and oxygen atoms in total. The molecule has 0 heterocycles. The molecule has 88 valence electrons. The fourth-order valence-corrected chi connectivity index (χ4v) is 1.03. The zero-order valence-electron chi connectivity index (χ0n) is 8.83. The molecule has 0 aliphatic heterocycles. The summed E-state index contributed by atoms with van der Waals surface area (Å²) in [5.74, 6) is 4.25. The highest BCUT2D eigenvalue weighted by Crippen LogP contribution is 2.15. The van der Waals surface area contributed by atoms with Gasteiger partial charge in [0.25, 0.3) is 0 Å². The van der Waals surface area contributed by atoms with Crippen LogP contribution in [0, 0.1) is 12.7 Å². The Hall–Kier alpha value is -1.66. The minimum absolute atomic E-state index is 0.0275. The molecule has 0 saturated heterocycles. The Morgan fingerprint density at radius 1 is 1.56 bits per heavy atom. The van der Waals surface area contributed by atoms with E-state index in [9.17, 15) is 9.18 Å². The highest BCUT2D eigenvalue weighted by molar-refractivity contribution is 5.69. The van der Waals surface area contributed by atoms with Gasteiger partial charge in [-0.2, -0.15) is 0 Å². The van der Waals surface area contributed by atoms with Crippen LogP contribution in [0.25, 0.3) is 0 Å². The van der Waals surface area contributed by atoms with Gasteiger partial charge in [-0.25, -0.2) is 10.2 Å². The number of carbonyl (C=O) groups excluding carboxylic acids is 1. The first kappa shape index (κ1) is 12.4. The van der Waals surface area contributed by atoms with Crippen LogP contribution in [0.3, 0.4) is 0 Å². The molecule has 16 heavy (non-hydrogen) atoms. The number of benzene rings is 1. The minimum Gasteiger partial charge on any atom is -0.493 e. The van der Waals surface area contributed by atoms with Crippen LogP contribution < -0.4 is 16.2 Å². The Bertz CT molecular complexity index is 371. The second kappa shape index (κ2) is 6.04. The van der Waals surface area contributed by atoms with Crippen LogP contribution in [-0.2, 0) is 9.63 Å². The maximum atomic E-state index is 13.1. The molecule has 0 unspecified atom stereocenters. The average Bonchev–Trinajstić information content (AvgIpc) is 2.24. The predicted octanol–water partition coefficient (Wildman–Crippen LogP) is 0.825. The molecular formula is C10H13FN2O3. The number of nitrogens with one attached hydrogen (secondary N) is 1. The van der Waals surface area contributed by atoms with E-state index >= 15 is 0 Å². The number of ether oxygens (including phenoxy) is 1. The normalized spacial score (nSPS) is 9.94. The van der Waals surface area contributed by atoms with E-state index in [1.54, 1.807) is 24.6 Å². The Kier molecular flexibility index (Phi) is 4.68. The summed E-state index contributed by atoms with van der Waals surface area (Å²) in [5.41, 5.74) is 2.31. The summed E-state index contributed by atoms with van der Waals surface area (Å²) in [6, 6.07) is 4.50. The monoisotopic (exact) mass is 228 g/mol. The molecule has 0 fully saturated rings. The molecule has 0 radical (unpaired) electrons. The van der Waals surface area contributed by atoms with E-state index in [1.807, 2.05) is 0 Å². The van der Waals surface area contributed by atoms with Crippen molar-refractivity contribution in [3.8, 4) is 5.75 Å². The van der Waals surface area contributed by atoms with Gasteiger partial charge in [0, 0.05) is 6.07 Å². The summed E-state index contributed by atoms with van der Waals surface area (Å²) in [6.07, 6.45) is 0.0275. The molecule has 0 aliphatic carbocycles.